The Bertz CT molecular complexity index is 931. The number of likely N-dealkylation sites (N-methyl/N-ethyl adjacent to an activating group) is 1. The lowest BCUT2D eigenvalue weighted by Crippen LogP contribution is -2.55. The molecule has 7 nitrogen and oxygen atoms in total. The van der Waals surface area contributed by atoms with Crippen LogP contribution in [0.1, 0.15) is 29.5 Å². The van der Waals surface area contributed by atoms with Crippen molar-refractivity contribution in [1.82, 2.24) is 20.1 Å². The number of rotatable bonds is 5. The fraction of sp³-hybridized carbons (Fsp3) is 0.522. The first-order valence-electron chi connectivity index (χ1n) is 11.0. The maximum atomic E-state index is 13.3. The molecule has 0 saturated carbocycles. The molecular weight excluding hydrogens is 410 g/mol. The summed E-state index contributed by atoms with van der Waals surface area (Å²) in [5.74, 6) is 0.110. The Morgan fingerprint density at radius 3 is 2.81 bits per heavy atom. The summed E-state index contributed by atoms with van der Waals surface area (Å²) in [7, 11) is 2.09. The molecule has 1 aromatic heterocycles. The third kappa shape index (κ3) is 4.75. The lowest BCUT2D eigenvalue weighted by Gasteiger charge is -2.45. The van der Waals surface area contributed by atoms with E-state index in [1.807, 2.05) is 37.3 Å². The van der Waals surface area contributed by atoms with Crippen molar-refractivity contribution < 1.29 is 9.59 Å². The number of carbonyl (C=O) groups is 2. The van der Waals surface area contributed by atoms with Gasteiger partial charge >= 0.3 is 6.03 Å². The number of likely N-dealkylation sites (tertiary alicyclic amines) is 1. The number of hydrogen-bond acceptors (Lipinski definition) is 6. The monoisotopic (exact) mass is 441 g/mol. The van der Waals surface area contributed by atoms with Gasteiger partial charge in [-0.15, -0.1) is 11.3 Å². The van der Waals surface area contributed by atoms with Gasteiger partial charge in [0.15, 0.2) is 5.13 Å². The van der Waals surface area contributed by atoms with Gasteiger partial charge in [-0.3, -0.25) is 9.69 Å². The smallest absolute Gasteiger partial charge is 0.324 e. The molecule has 1 fully saturated rings. The van der Waals surface area contributed by atoms with Crippen LogP contribution in [0.4, 0.5) is 9.93 Å². The highest BCUT2D eigenvalue weighted by Gasteiger charge is 2.42. The van der Waals surface area contributed by atoms with Crippen LogP contribution in [-0.2, 0) is 24.1 Å². The molecule has 0 bridgehead atoms. The van der Waals surface area contributed by atoms with Crippen LogP contribution in [0, 0.1) is 11.8 Å². The van der Waals surface area contributed by atoms with Crippen molar-refractivity contribution in [3.63, 3.8) is 0 Å². The number of carbonyl (C=O) groups excluding carboxylic acids is 2. The van der Waals surface area contributed by atoms with Gasteiger partial charge in [0.05, 0.1) is 11.6 Å². The molecule has 0 unspecified atom stereocenters. The minimum absolute atomic E-state index is 0.0754. The van der Waals surface area contributed by atoms with Crippen LogP contribution in [0.5, 0.6) is 0 Å². The van der Waals surface area contributed by atoms with Gasteiger partial charge in [0.2, 0.25) is 5.91 Å². The molecule has 2 aliphatic rings. The number of piperidine rings is 1. The zero-order chi connectivity index (χ0) is 22.0. The van der Waals surface area contributed by atoms with Gasteiger partial charge in [0.1, 0.15) is 0 Å². The summed E-state index contributed by atoms with van der Waals surface area (Å²) in [5, 5.41) is 3.54. The number of amides is 3. The first kappa shape index (κ1) is 21.8. The molecule has 0 radical (unpaired) electrons. The molecule has 3 atom stereocenters. The van der Waals surface area contributed by atoms with Crippen LogP contribution in [0.15, 0.2) is 30.3 Å². The second-order valence-corrected chi connectivity index (χ2v) is 9.70. The largest absolute Gasteiger partial charge is 0.375 e. The zero-order valence-corrected chi connectivity index (χ0v) is 19.0. The predicted octanol–water partition coefficient (Wildman–Crippen LogP) is 2.56. The van der Waals surface area contributed by atoms with Gasteiger partial charge in [0, 0.05) is 30.6 Å². The van der Waals surface area contributed by atoms with Crippen molar-refractivity contribution in [2.75, 3.05) is 32.4 Å². The van der Waals surface area contributed by atoms with Crippen LogP contribution >= 0.6 is 11.3 Å². The van der Waals surface area contributed by atoms with E-state index in [1.165, 1.54) is 9.78 Å². The van der Waals surface area contributed by atoms with E-state index in [0.717, 1.165) is 36.9 Å². The molecule has 1 aliphatic carbocycles. The van der Waals surface area contributed by atoms with Crippen LogP contribution in [0.3, 0.4) is 0 Å². The number of thiazole rings is 1. The number of hydrogen-bond donors (Lipinski definition) is 2. The Balaban J connectivity index is 1.36. The number of nitrogens with zero attached hydrogens (tertiary/aromatic N) is 3. The van der Waals surface area contributed by atoms with E-state index in [9.17, 15) is 9.59 Å². The second kappa shape index (κ2) is 9.36. The molecule has 2 aromatic rings. The third-order valence-corrected chi connectivity index (χ3v) is 7.51. The molecule has 2 heterocycles. The molecule has 31 heavy (non-hydrogen) atoms. The van der Waals surface area contributed by atoms with Gasteiger partial charge in [-0.2, -0.15) is 0 Å². The molecule has 4 rings (SSSR count). The van der Waals surface area contributed by atoms with Crippen molar-refractivity contribution in [1.29, 1.82) is 0 Å². The van der Waals surface area contributed by atoms with Gasteiger partial charge in [0.25, 0.3) is 0 Å². The van der Waals surface area contributed by atoms with E-state index in [4.69, 9.17) is 5.73 Å². The van der Waals surface area contributed by atoms with E-state index in [-0.39, 0.29) is 17.9 Å². The van der Waals surface area contributed by atoms with Gasteiger partial charge in [-0.25, -0.2) is 9.78 Å². The lowest BCUT2D eigenvalue weighted by atomic mass is 9.75. The number of anilines is 1. The lowest BCUT2D eigenvalue weighted by molar-refractivity contribution is -0.135. The van der Waals surface area contributed by atoms with Crippen LogP contribution in [0.2, 0.25) is 0 Å². The minimum atomic E-state index is -0.300. The first-order valence-corrected chi connectivity index (χ1v) is 11.8. The summed E-state index contributed by atoms with van der Waals surface area (Å²) in [4.78, 5) is 35.5. The van der Waals surface area contributed by atoms with E-state index in [2.05, 4.69) is 22.2 Å². The number of nitrogen functional groups attached to an aromatic ring is 1. The minimum Gasteiger partial charge on any atom is -0.375 e. The fourth-order valence-corrected chi connectivity index (χ4v) is 5.90. The normalized spacial score (nSPS) is 23.0. The van der Waals surface area contributed by atoms with E-state index >= 15 is 0 Å². The maximum Gasteiger partial charge on any atom is 0.324 e. The summed E-state index contributed by atoms with van der Waals surface area (Å²) in [5.41, 5.74) is 8.17. The molecule has 8 heteroatoms. The number of benzene rings is 1. The topological polar surface area (TPSA) is 91.6 Å². The van der Waals surface area contributed by atoms with Crippen molar-refractivity contribution in [2.24, 2.45) is 11.8 Å². The molecule has 0 spiro atoms. The molecule has 3 N–H and O–H groups in total. The Kier molecular flexibility index (Phi) is 6.57. The Hall–Kier alpha value is -2.45. The van der Waals surface area contributed by atoms with Crippen LogP contribution < -0.4 is 11.1 Å². The first-order chi connectivity index (χ1) is 15.0. The predicted molar refractivity (Wildman–Crippen MR) is 123 cm³/mol. The van der Waals surface area contributed by atoms with Crippen molar-refractivity contribution in [3.05, 3.63) is 46.5 Å². The number of nitrogens with one attached hydrogen (secondary N) is 1. The second-order valence-electron chi connectivity index (χ2n) is 8.58. The Morgan fingerprint density at radius 1 is 1.29 bits per heavy atom. The van der Waals surface area contributed by atoms with Gasteiger partial charge in [-0.05, 0) is 51.1 Å². The average Bonchev–Trinajstić information content (AvgIpc) is 3.12. The summed E-state index contributed by atoms with van der Waals surface area (Å²) >= 11 is 1.59. The SMILES string of the molecule is CCN(C(=O)NCCc1ccccc1)C(=O)[C@@H]1C[C@@H]2Cc3nc(N)sc3C[C@H]2N(C)C1. The molecule has 3 amide bonds. The Labute approximate surface area is 187 Å². The number of imide groups is 1. The third-order valence-electron chi connectivity index (χ3n) is 6.56. The Morgan fingerprint density at radius 2 is 2.06 bits per heavy atom. The number of urea groups is 1. The van der Waals surface area contributed by atoms with Crippen LogP contribution in [0.25, 0.3) is 0 Å². The highest BCUT2D eigenvalue weighted by Crippen LogP contribution is 2.39. The number of aromatic nitrogens is 1. The standard InChI is InChI=1S/C23H31N5O2S/c1-3-28(23(30)25-10-9-15-7-5-4-6-8-15)21(29)17-11-16-12-18-20(31-22(24)26-18)13-19(16)27(2)14-17/h4-8,16-17,19H,3,9-14H2,1-2H3,(H2,24,26)(H,25,30)/t16-,17-,19-/m1/s1. The van der Waals surface area contributed by atoms with Gasteiger partial charge in [-0.1, -0.05) is 30.3 Å². The summed E-state index contributed by atoms with van der Waals surface area (Å²) in [6.45, 7) is 3.42. The molecular formula is C23H31N5O2S. The average molecular weight is 442 g/mol. The van der Waals surface area contributed by atoms with Crippen molar-refractivity contribution in [2.45, 2.75) is 38.6 Å². The zero-order valence-electron chi connectivity index (χ0n) is 18.2. The number of fused-ring (bicyclic) bond motifs is 2. The number of nitrogens with two attached hydrogens (primary N) is 1. The summed E-state index contributed by atoms with van der Waals surface area (Å²) in [6.07, 6.45) is 3.34. The van der Waals surface area contributed by atoms with Crippen LogP contribution in [-0.4, -0.2) is 59.4 Å². The van der Waals surface area contributed by atoms with Crippen molar-refractivity contribution >= 4 is 28.4 Å². The van der Waals surface area contributed by atoms with E-state index in [0.29, 0.717) is 36.7 Å². The van der Waals surface area contributed by atoms with E-state index < -0.39 is 0 Å². The summed E-state index contributed by atoms with van der Waals surface area (Å²) < 4.78 is 0. The molecule has 1 saturated heterocycles. The molecule has 166 valence electrons. The van der Waals surface area contributed by atoms with E-state index in [1.54, 1.807) is 11.3 Å². The van der Waals surface area contributed by atoms with Gasteiger partial charge < -0.3 is 16.0 Å². The van der Waals surface area contributed by atoms with Crippen molar-refractivity contribution in [3.8, 4) is 0 Å². The highest BCUT2D eigenvalue weighted by molar-refractivity contribution is 7.15. The molecule has 1 aromatic carbocycles. The quantitative estimate of drug-likeness (QED) is 0.744. The fourth-order valence-electron chi connectivity index (χ4n) is 5.00. The maximum absolute atomic E-state index is 13.3. The molecule has 1 aliphatic heterocycles. The summed E-state index contributed by atoms with van der Waals surface area (Å²) in [6, 6.07) is 10.1. The highest BCUT2D eigenvalue weighted by atomic mass is 32.1.